The van der Waals surface area contributed by atoms with Crippen LogP contribution in [0.4, 0.5) is 0 Å². The minimum absolute atomic E-state index is 0.446. The van der Waals surface area contributed by atoms with E-state index in [2.05, 4.69) is 30.1 Å². The maximum Gasteiger partial charge on any atom is 0.121 e. The Labute approximate surface area is 97.8 Å². The SMILES string of the molecule is CCC(C)[C@H](c1ccco1)N1CCNCC1. The van der Waals surface area contributed by atoms with Gasteiger partial charge in [0.05, 0.1) is 12.3 Å². The van der Waals surface area contributed by atoms with E-state index in [9.17, 15) is 0 Å². The van der Waals surface area contributed by atoms with Crippen molar-refractivity contribution in [2.75, 3.05) is 26.2 Å². The third-order valence-corrected chi connectivity index (χ3v) is 3.56. The van der Waals surface area contributed by atoms with Crippen LogP contribution in [0.15, 0.2) is 22.8 Å². The highest BCUT2D eigenvalue weighted by molar-refractivity contribution is 5.06. The smallest absolute Gasteiger partial charge is 0.121 e. The van der Waals surface area contributed by atoms with Gasteiger partial charge in [-0.1, -0.05) is 20.3 Å². The highest BCUT2D eigenvalue weighted by Crippen LogP contribution is 2.31. The van der Waals surface area contributed by atoms with Gasteiger partial charge in [0.1, 0.15) is 5.76 Å². The lowest BCUT2D eigenvalue weighted by atomic mass is 9.95. The molecule has 0 spiro atoms. The zero-order valence-corrected chi connectivity index (χ0v) is 10.3. The second-order valence-electron chi connectivity index (χ2n) is 4.63. The average molecular weight is 222 g/mol. The summed E-state index contributed by atoms with van der Waals surface area (Å²) in [6, 6.07) is 4.55. The molecule has 1 aliphatic heterocycles. The molecule has 1 fully saturated rings. The highest BCUT2D eigenvalue weighted by Gasteiger charge is 2.28. The first-order valence-corrected chi connectivity index (χ1v) is 6.31. The molecule has 0 bridgehead atoms. The molecule has 0 radical (unpaired) electrons. The van der Waals surface area contributed by atoms with Crippen LogP contribution in [0.3, 0.4) is 0 Å². The molecule has 1 aromatic rings. The molecule has 16 heavy (non-hydrogen) atoms. The summed E-state index contributed by atoms with van der Waals surface area (Å²) in [6.45, 7) is 8.99. The third-order valence-electron chi connectivity index (χ3n) is 3.56. The fraction of sp³-hybridized carbons (Fsp3) is 0.692. The molecule has 0 saturated carbocycles. The number of rotatable bonds is 4. The summed E-state index contributed by atoms with van der Waals surface area (Å²) in [6.07, 6.45) is 2.97. The Morgan fingerprint density at radius 3 is 2.75 bits per heavy atom. The van der Waals surface area contributed by atoms with Gasteiger partial charge in [-0.3, -0.25) is 4.90 Å². The van der Waals surface area contributed by atoms with Crippen LogP contribution >= 0.6 is 0 Å². The molecule has 1 saturated heterocycles. The van der Waals surface area contributed by atoms with E-state index in [0.29, 0.717) is 12.0 Å². The third kappa shape index (κ3) is 2.47. The molecule has 0 aromatic carbocycles. The van der Waals surface area contributed by atoms with Crippen molar-refractivity contribution < 1.29 is 4.42 Å². The predicted octanol–water partition coefficient (Wildman–Crippen LogP) is 2.27. The maximum atomic E-state index is 5.61. The Hall–Kier alpha value is -0.800. The number of furan rings is 1. The molecule has 0 aliphatic carbocycles. The Morgan fingerprint density at radius 2 is 2.19 bits per heavy atom. The standard InChI is InChI=1S/C13H22N2O/c1-3-11(2)13(12-5-4-10-16-12)15-8-6-14-7-9-15/h4-5,10-11,13-14H,3,6-9H2,1-2H3/t11?,13-/m1/s1. The van der Waals surface area contributed by atoms with Gasteiger partial charge in [0.2, 0.25) is 0 Å². The summed E-state index contributed by atoms with van der Waals surface area (Å²) in [5, 5.41) is 3.40. The molecule has 1 unspecified atom stereocenters. The fourth-order valence-electron chi connectivity index (χ4n) is 2.46. The van der Waals surface area contributed by atoms with E-state index >= 15 is 0 Å². The van der Waals surface area contributed by atoms with Crippen LogP contribution < -0.4 is 5.32 Å². The first-order chi connectivity index (χ1) is 7.83. The Morgan fingerprint density at radius 1 is 1.44 bits per heavy atom. The molecule has 3 nitrogen and oxygen atoms in total. The summed E-state index contributed by atoms with van der Waals surface area (Å²) < 4.78 is 5.61. The van der Waals surface area contributed by atoms with Crippen molar-refractivity contribution in [3.8, 4) is 0 Å². The number of hydrogen-bond acceptors (Lipinski definition) is 3. The molecule has 1 aliphatic rings. The second-order valence-corrected chi connectivity index (χ2v) is 4.63. The molecule has 2 rings (SSSR count). The van der Waals surface area contributed by atoms with Gasteiger partial charge in [0, 0.05) is 26.2 Å². The molecule has 2 atom stereocenters. The normalized spacial score (nSPS) is 21.9. The first kappa shape index (κ1) is 11.7. The Kier molecular flexibility index (Phi) is 4.02. The van der Waals surface area contributed by atoms with Crippen LogP contribution in [0, 0.1) is 5.92 Å². The van der Waals surface area contributed by atoms with Gasteiger partial charge in [-0.2, -0.15) is 0 Å². The fourth-order valence-corrected chi connectivity index (χ4v) is 2.46. The molecule has 90 valence electrons. The van der Waals surface area contributed by atoms with Crippen molar-refractivity contribution in [2.45, 2.75) is 26.3 Å². The van der Waals surface area contributed by atoms with E-state index in [4.69, 9.17) is 4.42 Å². The molecular weight excluding hydrogens is 200 g/mol. The van der Waals surface area contributed by atoms with Gasteiger partial charge in [0.25, 0.3) is 0 Å². The van der Waals surface area contributed by atoms with Crippen molar-refractivity contribution in [3.63, 3.8) is 0 Å². The zero-order valence-electron chi connectivity index (χ0n) is 10.3. The van der Waals surface area contributed by atoms with Gasteiger partial charge >= 0.3 is 0 Å². The minimum Gasteiger partial charge on any atom is -0.468 e. The van der Waals surface area contributed by atoms with Crippen molar-refractivity contribution in [1.82, 2.24) is 10.2 Å². The van der Waals surface area contributed by atoms with Crippen LogP contribution in [0.5, 0.6) is 0 Å². The van der Waals surface area contributed by atoms with Crippen LogP contribution in [0.1, 0.15) is 32.1 Å². The summed E-state index contributed by atoms with van der Waals surface area (Å²) in [5.41, 5.74) is 0. The molecule has 0 amide bonds. The Bertz CT molecular complexity index is 291. The lowest BCUT2D eigenvalue weighted by Gasteiger charge is -2.36. The lowest BCUT2D eigenvalue weighted by molar-refractivity contribution is 0.110. The van der Waals surface area contributed by atoms with Gasteiger partial charge in [-0.25, -0.2) is 0 Å². The largest absolute Gasteiger partial charge is 0.468 e. The molecule has 1 aromatic heterocycles. The molecule has 2 heterocycles. The van der Waals surface area contributed by atoms with Crippen LogP contribution in [0.2, 0.25) is 0 Å². The van der Waals surface area contributed by atoms with Crippen LogP contribution in [-0.2, 0) is 0 Å². The van der Waals surface area contributed by atoms with Crippen LogP contribution in [0.25, 0.3) is 0 Å². The predicted molar refractivity (Wildman–Crippen MR) is 65.3 cm³/mol. The number of nitrogens with zero attached hydrogens (tertiary/aromatic N) is 1. The summed E-state index contributed by atoms with van der Waals surface area (Å²) >= 11 is 0. The van der Waals surface area contributed by atoms with Crippen molar-refractivity contribution in [3.05, 3.63) is 24.2 Å². The van der Waals surface area contributed by atoms with Crippen molar-refractivity contribution in [1.29, 1.82) is 0 Å². The number of hydrogen-bond donors (Lipinski definition) is 1. The van der Waals surface area contributed by atoms with E-state index < -0.39 is 0 Å². The number of piperazine rings is 1. The molecular formula is C13H22N2O. The van der Waals surface area contributed by atoms with E-state index in [-0.39, 0.29) is 0 Å². The zero-order chi connectivity index (χ0) is 11.4. The minimum atomic E-state index is 0.446. The second kappa shape index (κ2) is 5.51. The van der Waals surface area contributed by atoms with Gasteiger partial charge in [0.15, 0.2) is 0 Å². The van der Waals surface area contributed by atoms with E-state index in [1.807, 2.05) is 6.07 Å². The van der Waals surface area contributed by atoms with Gasteiger partial charge in [-0.05, 0) is 18.1 Å². The van der Waals surface area contributed by atoms with Gasteiger partial charge < -0.3 is 9.73 Å². The summed E-state index contributed by atoms with van der Waals surface area (Å²) in [7, 11) is 0. The molecule has 1 N–H and O–H groups in total. The van der Waals surface area contributed by atoms with Crippen LogP contribution in [-0.4, -0.2) is 31.1 Å². The first-order valence-electron chi connectivity index (χ1n) is 6.31. The lowest BCUT2D eigenvalue weighted by Crippen LogP contribution is -2.46. The maximum absolute atomic E-state index is 5.61. The van der Waals surface area contributed by atoms with E-state index in [1.54, 1.807) is 6.26 Å². The van der Waals surface area contributed by atoms with Crippen molar-refractivity contribution in [2.24, 2.45) is 5.92 Å². The highest BCUT2D eigenvalue weighted by atomic mass is 16.3. The van der Waals surface area contributed by atoms with E-state index in [0.717, 1.165) is 31.9 Å². The van der Waals surface area contributed by atoms with E-state index in [1.165, 1.54) is 6.42 Å². The number of nitrogens with one attached hydrogen (secondary N) is 1. The van der Waals surface area contributed by atoms with Crippen molar-refractivity contribution >= 4 is 0 Å². The summed E-state index contributed by atoms with van der Waals surface area (Å²) in [4.78, 5) is 2.55. The monoisotopic (exact) mass is 222 g/mol. The van der Waals surface area contributed by atoms with Gasteiger partial charge in [-0.15, -0.1) is 0 Å². The quantitative estimate of drug-likeness (QED) is 0.847. The Balaban J connectivity index is 2.13. The molecule has 3 heteroatoms. The summed E-state index contributed by atoms with van der Waals surface area (Å²) in [5.74, 6) is 1.76. The average Bonchev–Trinajstić information content (AvgIpc) is 2.84. The topological polar surface area (TPSA) is 28.4 Å².